The molecule has 2 aliphatic rings. The molecule has 0 aromatic heterocycles. The maximum Gasteiger partial charge on any atom is 0.309 e. The summed E-state index contributed by atoms with van der Waals surface area (Å²) < 4.78 is 11.1. The molecule has 1 aromatic carbocycles. The summed E-state index contributed by atoms with van der Waals surface area (Å²) in [6.07, 6.45) is 2.72. The number of esters is 1. The Hall–Kier alpha value is -1.95. The van der Waals surface area contributed by atoms with Gasteiger partial charge in [0, 0.05) is 16.5 Å². The van der Waals surface area contributed by atoms with E-state index in [-0.39, 0.29) is 36.3 Å². The highest BCUT2D eigenvalue weighted by molar-refractivity contribution is 9.11. The number of carbonyl (C=O) groups excluding carboxylic acids is 3. The fourth-order valence-electron chi connectivity index (χ4n) is 2.75. The molecule has 3 rings (SSSR count). The molecule has 0 amide bonds. The minimum absolute atomic E-state index is 0.00210. The van der Waals surface area contributed by atoms with Crippen molar-refractivity contribution in [3.63, 3.8) is 0 Å². The van der Waals surface area contributed by atoms with Gasteiger partial charge in [-0.25, -0.2) is 0 Å². The zero-order chi connectivity index (χ0) is 18.0. The van der Waals surface area contributed by atoms with Crippen molar-refractivity contribution in [1.29, 1.82) is 0 Å². The van der Waals surface area contributed by atoms with E-state index in [1.54, 1.807) is 31.2 Å². The third-order valence-corrected chi connectivity index (χ3v) is 4.92. The Labute approximate surface area is 154 Å². The van der Waals surface area contributed by atoms with Gasteiger partial charge in [-0.3, -0.25) is 14.4 Å². The van der Waals surface area contributed by atoms with Crippen LogP contribution >= 0.6 is 15.9 Å². The molecule has 1 atom stereocenters. The first-order chi connectivity index (χ1) is 12.0. The summed E-state index contributed by atoms with van der Waals surface area (Å²) >= 11 is 3.31. The van der Waals surface area contributed by atoms with Gasteiger partial charge in [0.1, 0.15) is 5.75 Å². The molecular weight excluding hydrogens is 388 g/mol. The van der Waals surface area contributed by atoms with Gasteiger partial charge >= 0.3 is 5.97 Å². The minimum atomic E-state index is -0.535. The number of ether oxygens (including phenoxy) is 2. The Balaban J connectivity index is 1.75. The van der Waals surface area contributed by atoms with Crippen molar-refractivity contribution in [3.05, 3.63) is 39.9 Å². The van der Waals surface area contributed by atoms with E-state index in [1.807, 2.05) is 0 Å². The van der Waals surface area contributed by atoms with Gasteiger partial charge in [0.2, 0.25) is 0 Å². The average Bonchev–Trinajstić information content (AvgIpc) is 3.39. The summed E-state index contributed by atoms with van der Waals surface area (Å²) in [5.41, 5.74) is 0.550. The summed E-state index contributed by atoms with van der Waals surface area (Å²) in [6.45, 7) is 1.99. The van der Waals surface area contributed by atoms with Crippen LogP contribution in [0.5, 0.6) is 5.75 Å². The van der Waals surface area contributed by atoms with Gasteiger partial charge in [-0.1, -0.05) is 15.9 Å². The quantitative estimate of drug-likeness (QED) is 0.410. The summed E-state index contributed by atoms with van der Waals surface area (Å²) in [4.78, 5) is 37.0. The highest BCUT2D eigenvalue weighted by Gasteiger charge is 2.35. The maximum absolute atomic E-state index is 12.7. The van der Waals surface area contributed by atoms with Gasteiger partial charge in [-0.15, -0.1) is 0 Å². The molecule has 0 bridgehead atoms. The first kappa shape index (κ1) is 17.9. The lowest BCUT2D eigenvalue weighted by molar-refractivity contribution is -0.149. The molecule has 5 nitrogen and oxygen atoms in total. The number of allylic oxidation sites excluding steroid dienone is 2. The second-order valence-electron chi connectivity index (χ2n) is 6.23. The molecule has 1 aromatic rings. The zero-order valence-electron chi connectivity index (χ0n) is 13.9. The van der Waals surface area contributed by atoms with Crippen LogP contribution in [0.1, 0.15) is 43.0 Å². The van der Waals surface area contributed by atoms with E-state index in [2.05, 4.69) is 15.9 Å². The molecule has 6 heteroatoms. The van der Waals surface area contributed by atoms with Crippen molar-refractivity contribution < 1.29 is 23.9 Å². The van der Waals surface area contributed by atoms with Crippen molar-refractivity contribution in [2.24, 2.45) is 5.92 Å². The summed E-state index contributed by atoms with van der Waals surface area (Å²) in [5, 5.41) is 0. The van der Waals surface area contributed by atoms with Crippen molar-refractivity contribution in [3.8, 4) is 5.75 Å². The van der Waals surface area contributed by atoms with Gasteiger partial charge in [-0.05, 0) is 50.5 Å². The van der Waals surface area contributed by atoms with E-state index in [1.165, 1.54) is 0 Å². The van der Waals surface area contributed by atoms with Crippen LogP contribution in [0.4, 0.5) is 0 Å². The van der Waals surface area contributed by atoms with E-state index in [9.17, 15) is 14.4 Å². The number of Topliss-reactive ketones (excluding diaryl/α,β-unsaturated/α-hetero) is 2. The highest BCUT2D eigenvalue weighted by Crippen LogP contribution is 2.34. The third kappa shape index (κ3) is 4.18. The topological polar surface area (TPSA) is 69.7 Å². The SMILES string of the molecule is CCOC(=O)C1CC(=O)C(C(=O)c2ccc(OC3CC3)cc2)=C(Br)C1. The predicted molar refractivity (Wildman–Crippen MR) is 94.7 cm³/mol. The number of rotatable bonds is 6. The molecule has 0 heterocycles. The van der Waals surface area contributed by atoms with E-state index >= 15 is 0 Å². The Morgan fingerprint density at radius 1 is 1.16 bits per heavy atom. The second kappa shape index (κ2) is 7.52. The third-order valence-electron chi connectivity index (χ3n) is 4.20. The normalized spacial score (nSPS) is 20.4. The Kier molecular flexibility index (Phi) is 5.37. The summed E-state index contributed by atoms with van der Waals surface area (Å²) in [6, 6.07) is 6.82. The molecule has 0 N–H and O–H groups in total. The Morgan fingerprint density at radius 3 is 2.40 bits per heavy atom. The van der Waals surface area contributed by atoms with Gasteiger partial charge in [0.05, 0.1) is 24.2 Å². The lowest BCUT2D eigenvalue weighted by Crippen LogP contribution is -2.28. The molecule has 0 radical (unpaired) electrons. The summed E-state index contributed by atoms with van der Waals surface area (Å²) in [5.74, 6) is -0.880. The standard InChI is InChI=1S/C19H19BrO5/c1-2-24-19(23)12-9-15(20)17(16(21)10-12)18(22)11-3-5-13(6-4-11)25-14-7-8-14/h3-6,12,14H,2,7-10H2,1H3. The molecule has 0 spiro atoms. The second-order valence-corrected chi connectivity index (χ2v) is 7.19. The number of hydrogen-bond acceptors (Lipinski definition) is 5. The highest BCUT2D eigenvalue weighted by atomic mass is 79.9. The van der Waals surface area contributed by atoms with Gasteiger partial charge < -0.3 is 9.47 Å². The van der Waals surface area contributed by atoms with Crippen molar-refractivity contribution in [2.75, 3.05) is 6.61 Å². The van der Waals surface area contributed by atoms with E-state index in [0.29, 0.717) is 16.5 Å². The maximum atomic E-state index is 12.7. The molecule has 25 heavy (non-hydrogen) atoms. The molecule has 1 fully saturated rings. The number of benzene rings is 1. The molecule has 0 aliphatic heterocycles. The van der Waals surface area contributed by atoms with Crippen LogP contribution in [-0.2, 0) is 14.3 Å². The number of hydrogen-bond donors (Lipinski definition) is 0. The monoisotopic (exact) mass is 406 g/mol. The molecule has 1 saturated carbocycles. The van der Waals surface area contributed by atoms with Crippen LogP contribution in [0.2, 0.25) is 0 Å². The Bertz CT molecular complexity index is 731. The first-order valence-corrected chi connectivity index (χ1v) is 9.18. The number of halogens is 1. The lowest BCUT2D eigenvalue weighted by atomic mass is 9.85. The smallest absolute Gasteiger partial charge is 0.309 e. The van der Waals surface area contributed by atoms with Crippen LogP contribution in [-0.4, -0.2) is 30.2 Å². The van der Waals surface area contributed by atoms with Gasteiger partial charge in [-0.2, -0.15) is 0 Å². The van der Waals surface area contributed by atoms with Crippen LogP contribution in [0.25, 0.3) is 0 Å². The molecule has 0 saturated heterocycles. The van der Waals surface area contributed by atoms with Crippen LogP contribution in [0.15, 0.2) is 34.3 Å². The minimum Gasteiger partial charge on any atom is -0.490 e. The molecule has 1 unspecified atom stereocenters. The van der Waals surface area contributed by atoms with E-state index in [4.69, 9.17) is 9.47 Å². The van der Waals surface area contributed by atoms with Crippen molar-refractivity contribution >= 4 is 33.5 Å². The number of ketones is 2. The van der Waals surface area contributed by atoms with Gasteiger partial charge in [0.15, 0.2) is 11.6 Å². The molecule has 132 valence electrons. The first-order valence-electron chi connectivity index (χ1n) is 8.39. The fraction of sp³-hybridized carbons (Fsp3) is 0.421. The zero-order valence-corrected chi connectivity index (χ0v) is 15.5. The van der Waals surface area contributed by atoms with E-state index in [0.717, 1.165) is 18.6 Å². The van der Waals surface area contributed by atoms with Gasteiger partial charge in [0.25, 0.3) is 0 Å². The van der Waals surface area contributed by atoms with Crippen molar-refractivity contribution in [1.82, 2.24) is 0 Å². The Morgan fingerprint density at radius 2 is 1.84 bits per heavy atom. The largest absolute Gasteiger partial charge is 0.490 e. The average molecular weight is 407 g/mol. The predicted octanol–water partition coefficient (Wildman–Crippen LogP) is 3.60. The van der Waals surface area contributed by atoms with E-state index < -0.39 is 11.9 Å². The summed E-state index contributed by atoms with van der Waals surface area (Å²) in [7, 11) is 0. The van der Waals surface area contributed by atoms with Crippen LogP contribution in [0, 0.1) is 5.92 Å². The molecule has 2 aliphatic carbocycles. The van der Waals surface area contributed by atoms with Crippen LogP contribution in [0.3, 0.4) is 0 Å². The fourth-order valence-corrected chi connectivity index (χ4v) is 3.54. The van der Waals surface area contributed by atoms with Crippen molar-refractivity contribution in [2.45, 2.75) is 38.7 Å². The number of carbonyl (C=O) groups is 3. The van der Waals surface area contributed by atoms with Crippen LogP contribution < -0.4 is 4.74 Å². The molecular formula is C19H19BrO5. The lowest BCUT2D eigenvalue weighted by Gasteiger charge is -2.21.